The normalized spacial score (nSPS) is 11.0. The van der Waals surface area contributed by atoms with E-state index in [2.05, 4.69) is 20.2 Å². The fourth-order valence-corrected chi connectivity index (χ4v) is 5.40. The lowest BCUT2D eigenvalue weighted by Crippen LogP contribution is -2.50. The molecule has 2 heterocycles. The number of nitrogens with zero attached hydrogens (tertiary/aromatic N) is 6. The largest absolute Gasteiger partial charge is 0.395 e. The third-order valence-electron chi connectivity index (χ3n) is 7.98. The van der Waals surface area contributed by atoms with E-state index in [9.17, 15) is 24.3 Å². The van der Waals surface area contributed by atoms with Gasteiger partial charge in [-0.1, -0.05) is 72.8 Å². The van der Waals surface area contributed by atoms with Crippen molar-refractivity contribution in [3.63, 3.8) is 0 Å². The van der Waals surface area contributed by atoms with Gasteiger partial charge in [0.1, 0.15) is 6.54 Å². The molecule has 0 aliphatic rings. The Bertz CT molecular complexity index is 1610. The van der Waals surface area contributed by atoms with E-state index in [1.165, 1.54) is 9.80 Å². The van der Waals surface area contributed by atoms with Crippen molar-refractivity contribution in [2.75, 3.05) is 52.4 Å². The predicted octanol–water partition coefficient (Wildman–Crippen LogP) is 1.43. The van der Waals surface area contributed by atoms with Gasteiger partial charge >= 0.3 is 0 Å². The highest BCUT2D eigenvalue weighted by Crippen LogP contribution is 2.10. The zero-order valence-corrected chi connectivity index (χ0v) is 28.7. The molecule has 4 aromatic rings. The van der Waals surface area contributed by atoms with Gasteiger partial charge in [-0.25, -0.2) is 0 Å². The molecule has 0 unspecified atom stereocenters. The Hall–Kier alpha value is -5.50. The molecule has 51 heavy (non-hydrogen) atoms. The third kappa shape index (κ3) is 14.1. The van der Waals surface area contributed by atoms with Crippen LogP contribution in [0.1, 0.15) is 22.5 Å². The summed E-state index contributed by atoms with van der Waals surface area (Å²) >= 11 is 0. The highest BCUT2D eigenvalue weighted by Gasteiger charge is 2.25. The van der Waals surface area contributed by atoms with Crippen LogP contribution >= 0.6 is 0 Å². The topological polar surface area (TPSA) is 165 Å². The van der Waals surface area contributed by atoms with Crippen molar-refractivity contribution in [3.05, 3.63) is 132 Å². The summed E-state index contributed by atoms with van der Waals surface area (Å²) in [6.45, 7) is 0.822. The van der Waals surface area contributed by atoms with E-state index in [1.54, 1.807) is 17.3 Å². The van der Waals surface area contributed by atoms with E-state index in [1.807, 2.05) is 97.1 Å². The van der Waals surface area contributed by atoms with Crippen LogP contribution in [0.3, 0.4) is 0 Å². The number of hydrogen-bond acceptors (Lipinski definition) is 9. The van der Waals surface area contributed by atoms with E-state index in [0.717, 1.165) is 22.5 Å². The number of hydrogen-bond donors (Lipinski definition) is 3. The van der Waals surface area contributed by atoms with Gasteiger partial charge in [-0.15, -0.1) is 0 Å². The van der Waals surface area contributed by atoms with Crippen molar-refractivity contribution in [1.82, 2.24) is 34.9 Å². The highest BCUT2D eigenvalue weighted by atomic mass is 16.3. The molecule has 13 nitrogen and oxygen atoms in total. The fraction of sp³-hybridized carbons (Fsp3) is 0.316. The summed E-state index contributed by atoms with van der Waals surface area (Å²) in [6.07, 6.45) is 3.46. The van der Waals surface area contributed by atoms with E-state index < -0.39 is 23.6 Å². The molecule has 0 spiro atoms. The van der Waals surface area contributed by atoms with Crippen LogP contribution in [0.25, 0.3) is 0 Å². The molecule has 0 bridgehead atoms. The zero-order chi connectivity index (χ0) is 36.3. The van der Waals surface area contributed by atoms with Crippen LogP contribution in [0.5, 0.6) is 0 Å². The summed E-state index contributed by atoms with van der Waals surface area (Å²) in [7, 11) is 0. The maximum Gasteiger partial charge on any atom is 0.242 e. The van der Waals surface area contributed by atoms with Gasteiger partial charge in [0.15, 0.2) is 0 Å². The summed E-state index contributed by atoms with van der Waals surface area (Å²) in [5, 5.41) is 12.5. The van der Waals surface area contributed by atoms with Gasteiger partial charge in [0.2, 0.25) is 23.6 Å². The lowest BCUT2D eigenvalue weighted by molar-refractivity contribution is -0.143. The van der Waals surface area contributed by atoms with Crippen molar-refractivity contribution in [3.8, 4) is 0 Å². The SMILES string of the molecule is NC(=O)CN(CCN(Cc1ccccn1)Cc1ccccn1)CC(=O)N(CC(=O)N(CCO)CC(=O)NCc1ccccc1)Cc1ccccc1. The summed E-state index contributed by atoms with van der Waals surface area (Å²) in [5.41, 5.74) is 9.05. The lowest BCUT2D eigenvalue weighted by Gasteiger charge is -2.30. The average molecular weight is 695 g/mol. The molecule has 0 aliphatic carbocycles. The molecule has 268 valence electrons. The second-order valence-electron chi connectivity index (χ2n) is 12.1. The molecule has 0 atom stereocenters. The van der Waals surface area contributed by atoms with Crippen molar-refractivity contribution in [1.29, 1.82) is 0 Å². The maximum atomic E-state index is 14.0. The van der Waals surface area contributed by atoms with Crippen molar-refractivity contribution in [2.45, 2.75) is 26.2 Å². The van der Waals surface area contributed by atoms with Crippen LogP contribution < -0.4 is 11.1 Å². The van der Waals surface area contributed by atoms with E-state index in [-0.39, 0.29) is 52.4 Å². The number of benzene rings is 2. The first-order valence-electron chi connectivity index (χ1n) is 16.8. The number of rotatable bonds is 21. The molecular weight excluding hydrogens is 648 g/mol. The second kappa shape index (κ2) is 20.9. The molecule has 0 saturated carbocycles. The standard InChI is InChI=1S/C38H46N8O5/c39-35(48)27-44(20-19-43(25-33-15-7-9-17-40-33)26-34-16-8-10-18-41-34)29-37(50)46(24-32-13-5-2-6-14-32)30-38(51)45(21-22-47)28-36(49)42-23-31-11-3-1-4-12-31/h1-18,47H,19-30H2,(H2,39,48)(H,42,49). The molecule has 4 amide bonds. The molecule has 0 aliphatic heterocycles. The van der Waals surface area contributed by atoms with Crippen LogP contribution in [0.2, 0.25) is 0 Å². The van der Waals surface area contributed by atoms with Gasteiger partial charge in [-0.05, 0) is 35.4 Å². The molecule has 0 radical (unpaired) electrons. The van der Waals surface area contributed by atoms with E-state index >= 15 is 0 Å². The Balaban J connectivity index is 1.45. The minimum atomic E-state index is -0.592. The van der Waals surface area contributed by atoms with Gasteiger partial charge in [-0.3, -0.25) is 38.9 Å². The number of amides is 4. The fourth-order valence-electron chi connectivity index (χ4n) is 5.40. The number of primary amides is 1. The van der Waals surface area contributed by atoms with Gasteiger partial charge in [0.25, 0.3) is 0 Å². The Morgan fingerprint density at radius 3 is 1.69 bits per heavy atom. The van der Waals surface area contributed by atoms with Gasteiger partial charge < -0.3 is 26.0 Å². The molecule has 2 aromatic heterocycles. The molecule has 2 aromatic carbocycles. The molecule has 4 rings (SSSR count). The minimum Gasteiger partial charge on any atom is -0.395 e. The summed E-state index contributed by atoms with van der Waals surface area (Å²) in [4.78, 5) is 67.9. The first-order valence-corrected chi connectivity index (χ1v) is 16.8. The third-order valence-corrected chi connectivity index (χ3v) is 7.98. The smallest absolute Gasteiger partial charge is 0.242 e. The highest BCUT2D eigenvalue weighted by molar-refractivity contribution is 5.89. The quantitative estimate of drug-likeness (QED) is 0.117. The number of aliphatic hydroxyl groups is 1. The van der Waals surface area contributed by atoms with E-state index in [0.29, 0.717) is 26.2 Å². The monoisotopic (exact) mass is 694 g/mol. The van der Waals surface area contributed by atoms with Crippen molar-refractivity contribution in [2.24, 2.45) is 5.73 Å². The number of pyridine rings is 2. The Kier molecular flexibility index (Phi) is 15.7. The molecule has 0 saturated heterocycles. The number of aromatic nitrogens is 2. The predicted molar refractivity (Wildman–Crippen MR) is 192 cm³/mol. The van der Waals surface area contributed by atoms with Crippen LogP contribution in [0, 0.1) is 0 Å². The molecule has 0 fully saturated rings. The van der Waals surface area contributed by atoms with Gasteiger partial charge in [0, 0.05) is 58.2 Å². The minimum absolute atomic E-state index is 0.0822. The maximum absolute atomic E-state index is 14.0. The second-order valence-corrected chi connectivity index (χ2v) is 12.1. The van der Waals surface area contributed by atoms with Gasteiger partial charge in [-0.2, -0.15) is 0 Å². The Morgan fingerprint density at radius 2 is 1.14 bits per heavy atom. The number of nitrogens with two attached hydrogens (primary N) is 1. The van der Waals surface area contributed by atoms with E-state index in [4.69, 9.17) is 5.73 Å². The Labute approximate surface area is 298 Å². The first kappa shape index (κ1) is 38.3. The van der Waals surface area contributed by atoms with Crippen molar-refractivity contribution >= 4 is 23.6 Å². The number of aliphatic hydroxyl groups excluding tert-OH is 1. The zero-order valence-electron chi connectivity index (χ0n) is 28.7. The lowest BCUT2D eigenvalue weighted by atomic mass is 10.2. The number of carbonyl (C=O) groups is 4. The summed E-state index contributed by atoms with van der Waals surface area (Å²) in [5.74, 6) is -1.88. The summed E-state index contributed by atoms with van der Waals surface area (Å²) in [6, 6.07) is 30.0. The molecular formula is C38H46N8O5. The summed E-state index contributed by atoms with van der Waals surface area (Å²) < 4.78 is 0. The van der Waals surface area contributed by atoms with Crippen molar-refractivity contribution < 1.29 is 24.3 Å². The number of carbonyl (C=O) groups excluding carboxylic acids is 4. The van der Waals surface area contributed by atoms with Crippen LogP contribution in [-0.2, 0) is 45.4 Å². The van der Waals surface area contributed by atoms with Gasteiger partial charge in [0.05, 0.1) is 37.6 Å². The first-order chi connectivity index (χ1) is 24.8. The van der Waals surface area contributed by atoms with Crippen LogP contribution in [0.4, 0.5) is 0 Å². The van der Waals surface area contributed by atoms with Crippen LogP contribution in [0.15, 0.2) is 109 Å². The average Bonchev–Trinajstić information content (AvgIpc) is 3.14. The molecule has 13 heteroatoms. The molecule has 4 N–H and O–H groups in total. The Morgan fingerprint density at radius 1 is 0.588 bits per heavy atom. The number of nitrogens with one attached hydrogen (secondary N) is 1. The van der Waals surface area contributed by atoms with Crippen LogP contribution in [-0.4, -0.2) is 111 Å².